The van der Waals surface area contributed by atoms with Gasteiger partial charge in [-0.05, 0) is 43.9 Å². The molecular formula is C19H29IN4O. The van der Waals surface area contributed by atoms with Crippen molar-refractivity contribution >= 4 is 41.5 Å². The summed E-state index contributed by atoms with van der Waals surface area (Å²) in [5.74, 6) is 0.897. The highest BCUT2D eigenvalue weighted by molar-refractivity contribution is 14.0. The van der Waals surface area contributed by atoms with Crippen molar-refractivity contribution in [1.29, 1.82) is 0 Å². The van der Waals surface area contributed by atoms with Gasteiger partial charge in [-0.25, -0.2) is 4.99 Å². The molecular weight excluding hydrogens is 427 g/mol. The fourth-order valence-corrected chi connectivity index (χ4v) is 2.62. The third kappa shape index (κ3) is 7.90. The molecule has 6 heteroatoms. The van der Waals surface area contributed by atoms with Crippen LogP contribution in [0.25, 0.3) is 0 Å². The van der Waals surface area contributed by atoms with E-state index < -0.39 is 0 Å². The minimum absolute atomic E-state index is 0. The SMILES string of the molecule is CCCC(=O)Nc1cccc(CN=C(NCC)NC2CC=CC2)c1.I. The van der Waals surface area contributed by atoms with Crippen LogP contribution in [-0.2, 0) is 11.3 Å². The lowest BCUT2D eigenvalue weighted by atomic mass is 10.2. The number of rotatable bonds is 7. The second-order valence-corrected chi connectivity index (χ2v) is 5.98. The first-order chi connectivity index (χ1) is 11.7. The first-order valence-electron chi connectivity index (χ1n) is 8.80. The molecule has 3 N–H and O–H groups in total. The molecule has 1 aliphatic carbocycles. The first kappa shape index (κ1) is 21.5. The molecule has 0 saturated carbocycles. The molecule has 0 aliphatic heterocycles. The molecule has 1 aromatic carbocycles. The maximum absolute atomic E-state index is 11.7. The van der Waals surface area contributed by atoms with Crippen LogP contribution in [0.1, 0.15) is 45.1 Å². The Kier molecular flexibility index (Phi) is 10.2. The van der Waals surface area contributed by atoms with Crippen molar-refractivity contribution < 1.29 is 4.79 Å². The van der Waals surface area contributed by atoms with Gasteiger partial charge in [-0.2, -0.15) is 0 Å². The van der Waals surface area contributed by atoms with E-state index in [2.05, 4.69) is 40.0 Å². The van der Waals surface area contributed by atoms with Crippen LogP contribution in [-0.4, -0.2) is 24.5 Å². The van der Waals surface area contributed by atoms with Gasteiger partial charge in [-0.3, -0.25) is 4.79 Å². The monoisotopic (exact) mass is 456 g/mol. The van der Waals surface area contributed by atoms with Crippen molar-refractivity contribution in [2.45, 2.75) is 52.1 Å². The Bertz CT molecular complexity index is 593. The molecule has 0 radical (unpaired) electrons. The molecule has 0 heterocycles. The van der Waals surface area contributed by atoms with Crippen LogP contribution in [0.5, 0.6) is 0 Å². The number of guanidine groups is 1. The van der Waals surface area contributed by atoms with Crippen LogP contribution in [0.4, 0.5) is 5.69 Å². The third-order valence-corrected chi connectivity index (χ3v) is 3.80. The van der Waals surface area contributed by atoms with Crippen LogP contribution >= 0.6 is 24.0 Å². The highest BCUT2D eigenvalue weighted by atomic mass is 127. The number of hydrogen-bond acceptors (Lipinski definition) is 2. The lowest BCUT2D eigenvalue weighted by Gasteiger charge is -2.16. The molecule has 5 nitrogen and oxygen atoms in total. The smallest absolute Gasteiger partial charge is 0.224 e. The number of hydrogen-bond donors (Lipinski definition) is 3. The second-order valence-electron chi connectivity index (χ2n) is 5.98. The maximum Gasteiger partial charge on any atom is 0.224 e. The van der Waals surface area contributed by atoms with E-state index in [-0.39, 0.29) is 29.9 Å². The molecule has 0 spiro atoms. The summed E-state index contributed by atoms with van der Waals surface area (Å²) < 4.78 is 0. The van der Waals surface area contributed by atoms with E-state index in [1.165, 1.54) is 0 Å². The van der Waals surface area contributed by atoms with Gasteiger partial charge in [-0.1, -0.05) is 31.2 Å². The molecule has 0 fully saturated rings. The van der Waals surface area contributed by atoms with E-state index >= 15 is 0 Å². The average Bonchev–Trinajstić information content (AvgIpc) is 3.06. The summed E-state index contributed by atoms with van der Waals surface area (Å²) in [4.78, 5) is 16.4. The summed E-state index contributed by atoms with van der Waals surface area (Å²) in [6.07, 6.45) is 7.88. The highest BCUT2D eigenvalue weighted by Gasteiger charge is 2.11. The number of benzene rings is 1. The van der Waals surface area contributed by atoms with Gasteiger partial charge >= 0.3 is 0 Å². The van der Waals surface area contributed by atoms with E-state index in [1.807, 2.05) is 31.2 Å². The summed E-state index contributed by atoms with van der Waals surface area (Å²) in [6.45, 7) is 5.47. The van der Waals surface area contributed by atoms with Crippen LogP contribution in [0.2, 0.25) is 0 Å². The van der Waals surface area contributed by atoms with E-state index in [0.29, 0.717) is 19.0 Å². The first-order valence-corrected chi connectivity index (χ1v) is 8.80. The van der Waals surface area contributed by atoms with Crippen molar-refractivity contribution in [2.24, 2.45) is 4.99 Å². The van der Waals surface area contributed by atoms with Gasteiger partial charge in [0.15, 0.2) is 5.96 Å². The topological polar surface area (TPSA) is 65.5 Å². The molecule has 0 atom stereocenters. The fraction of sp³-hybridized carbons (Fsp3) is 0.474. The van der Waals surface area contributed by atoms with Gasteiger partial charge in [-0.15, -0.1) is 24.0 Å². The predicted octanol–water partition coefficient (Wildman–Crippen LogP) is 3.82. The lowest BCUT2D eigenvalue weighted by Crippen LogP contribution is -2.42. The fourth-order valence-electron chi connectivity index (χ4n) is 2.62. The molecule has 0 unspecified atom stereocenters. The summed E-state index contributed by atoms with van der Waals surface area (Å²) in [5.41, 5.74) is 1.91. The van der Waals surface area contributed by atoms with Gasteiger partial charge in [0.25, 0.3) is 0 Å². The molecule has 2 rings (SSSR count). The number of aliphatic imine (C=N–C) groups is 1. The normalized spacial score (nSPS) is 14.1. The number of carbonyl (C=O) groups is 1. The van der Waals surface area contributed by atoms with Crippen molar-refractivity contribution in [3.8, 4) is 0 Å². The second kappa shape index (κ2) is 11.9. The summed E-state index contributed by atoms with van der Waals surface area (Å²) >= 11 is 0. The Hall–Kier alpha value is -1.57. The molecule has 1 aliphatic rings. The number of halogens is 1. The number of amides is 1. The van der Waals surface area contributed by atoms with Crippen molar-refractivity contribution in [1.82, 2.24) is 10.6 Å². The van der Waals surface area contributed by atoms with Crippen LogP contribution < -0.4 is 16.0 Å². The molecule has 0 aromatic heterocycles. The number of nitrogens with one attached hydrogen (secondary N) is 3. The third-order valence-electron chi connectivity index (χ3n) is 3.80. The maximum atomic E-state index is 11.7. The lowest BCUT2D eigenvalue weighted by molar-refractivity contribution is -0.116. The Morgan fingerprint density at radius 2 is 2.00 bits per heavy atom. The number of nitrogens with zero attached hydrogens (tertiary/aromatic N) is 1. The summed E-state index contributed by atoms with van der Waals surface area (Å²) in [5, 5.41) is 9.67. The Balaban J connectivity index is 0.00000312. The Morgan fingerprint density at radius 3 is 2.68 bits per heavy atom. The zero-order chi connectivity index (χ0) is 17.2. The zero-order valence-electron chi connectivity index (χ0n) is 15.0. The van der Waals surface area contributed by atoms with Gasteiger partial charge in [0, 0.05) is 24.7 Å². The van der Waals surface area contributed by atoms with Crippen molar-refractivity contribution in [3.63, 3.8) is 0 Å². The number of carbonyl (C=O) groups excluding carboxylic acids is 1. The van der Waals surface area contributed by atoms with E-state index in [1.54, 1.807) is 0 Å². The van der Waals surface area contributed by atoms with Gasteiger partial charge < -0.3 is 16.0 Å². The number of anilines is 1. The molecule has 0 saturated heterocycles. The molecule has 0 bridgehead atoms. The van der Waals surface area contributed by atoms with E-state index in [9.17, 15) is 4.79 Å². The average molecular weight is 456 g/mol. The molecule has 1 aromatic rings. The quantitative estimate of drug-likeness (QED) is 0.253. The Morgan fingerprint density at radius 1 is 1.24 bits per heavy atom. The zero-order valence-corrected chi connectivity index (χ0v) is 17.4. The summed E-state index contributed by atoms with van der Waals surface area (Å²) in [6, 6.07) is 8.31. The highest BCUT2D eigenvalue weighted by Crippen LogP contribution is 2.13. The van der Waals surface area contributed by atoms with Crippen LogP contribution in [0.3, 0.4) is 0 Å². The minimum atomic E-state index is 0. The Labute approximate surface area is 167 Å². The van der Waals surface area contributed by atoms with Crippen molar-refractivity contribution in [2.75, 3.05) is 11.9 Å². The van der Waals surface area contributed by atoms with Crippen molar-refractivity contribution in [3.05, 3.63) is 42.0 Å². The van der Waals surface area contributed by atoms with Crippen LogP contribution in [0, 0.1) is 0 Å². The molecule has 1 amide bonds. The molecule has 25 heavy (non-hydrogen) atoms. The minimum Gasteiger partial charge on any atom is -0.357 e. The van der Waals surface area contributed by atoms with E-state index in [4.69, 9.17) is 0 Å². The summed E-state index contributed by atoms with van der Waals surface area (Å²) in [7, 11) is 0. The molecule has 138 valence electrons. The largest absolute Gasteiger partial charge is 0.357 e. The van der Waals surface area contributed by atoms with Gasteiger partial charge in [0.2, 0.25) is 5.91 Å². The van der Waals surface area contributed by atoms with Crippen LogP contribution in [0.15, 0.2) is 41.4 Å². The van der Waals surface area contributed by atoms with Gasteiger partial charge in [0.05, 0.1) is 6.54 Å². The van der Waals surface area contributed by atoms with E-state index in [0.717, 1.165) is 43.0 Å². The van der Waals surface area contributed by atoms with Gasteiger partial charge in [0.1, 0.15) is 0 Å². The standard InChI is InChI=1S/C19H28N4O.HI/c1-3-8-18(24)22-17-12-7-9-15(13-17)14-21-19(20-4-2)23-16-10-5-6-11-16;/h5-7,9,12-13,16H,3-4,8,10-11,14H2,1-2H3,(H,22,24)(H2,20,21,23);1H. The predicted molar refractivity (Wildman–Crippen MR) is 116 cm³/mol.